The molecule has 196 valence electrons. The van der Waals surface area contributed by atoms with E-state index in [-0.39, 0.29) is 17.7 Å². The molecule has 0 atom stereocenters. The summed E-state index contributed by atoms with van der Waals surface area (Å²) in [6, 6.07) is 8.92. The molecule has 0 saturated carbocycles. The van der Waals surface area contributed by atoms with Gasteiger partial charge in [-0.1, -0.05) is 24.3 Å². The molecule has 2 aliphatic rings. The Morgan fingerprint density at radius 3 is 1.94 bits per heavy atom. The highest BCUT2D eigenvalue weighted by Gasteiger charge is 2.47. The highest BCUT2D eigenvalue weighted by Crippen LogP contribution is 2.37. The molecule has 0 unspecified atom stereocenters. The molecule has 4 rings (SSSR count). The van der Waals surface area contributed by atoms with Gasteiger partial charge in [0.2, 0.25) is 0 Å². The summed E-state index contributed by atoms with van der Waals surface area (Å²) in [5.41, 5.74) is -2.09. The third-order valence-electron chi connectivity index (χ3n) is 7.03. The normalized spacial score (nSPS) is 24.7. The minimum absolute atomic E-state index is 0.110. The molecular weight excluding hydrogens is 490 g/mol. The van der Waals surface area contributed by atoms with Gasteiger partial charge >= 0.3 is 18.4 Å². The Balaban J connectivity index is 1.52. The minimum atomic E-state index is -4.60. The van der Waals surface area contributed by atoms with Gasteiger partial charge < -0.3 is 19.3 Å². The van der Waals surface area contributed by atoms with Crippen LogP contribution in [-0.4, -0.2) is 56.0 Å². The first kappa shape index (κ1) is 26.3. The first-order valence-corrected chi connectivity index (χ1v) is 11.6. The summed E-state index contributed by atoms with van der Waals surface area (Å²) in [4.78, 5) is 11.5. The summed E-state index contributed by atoms with van der Waals surface area (Å²) < 4.78 is 92.0. The van der Waals surface area contributed by atoms with Crippen molar-refractivity contribution in [3.8, 4) is 0 Å². The number of nitrogens with zero attached hydrogens (tertiary/aromatic N) is 1. The van der Waals surface area contributed by atoms with Gasteiger partial charge in [0.1, 0.15) is 18.2 Å². The Morgan fingerprint density at radius 1 is 0.972 bits per heavy atom. The van der Waals surface area contributed by atoms with Gasteiger partial charge in [-0.3, -0.25) is 0 Å². The topological polar surface area (TPSA) is 47.6 Å². The van der Waals surface area contributed by atoms with Gasteiger partial charge in [-0.2, -0.15) is 26.3 Å². The summed E-state index contributed by atoms with van der Waals surface area (Å²) in [6.45, 7) is 2.44. The molecule has 0 radical (unpaired) electrons. The van der Waals surface area contributed by atoms with Crippen molar-refractivity contribution in [1.29, 1.82) is 0 Å². The standard InChI is InChI=1S/C25H26F6N2O3/c1-33(10-8-23(9-11-33)16-32-22(34)36-23)12-13-35-21(17-4-2-6-19(14-17)24(26,27)28)18-5-3-7-20(15-18)25(29,30)31/h2-7,14-15,21H,8-13,16H2,1H3/p+1. The van der Waals surface area contributed by atoms with Gasteiger partial charge in [0.25, 0.3) is 0 Å². The predicted octanol–water partition coefficient (Wildman–Crippen LogP) is 5.55. The fraction of sp³-hybridized carbons (Fsp3) is 0.480. The number of quaternary nitrogens is 1. The van der Waals surface area contributed by atoms with Gasteiger partial charge in [0.15, 0.2) is 0 Å². The number of rotatable bonds is 6. The van der Waals surface area contributed by atoms with Crippen LogP contribution in [0.1, 0.15) is 41.2 Å². The van der Waals surface area contributed by atoms with E-state index in [2.05, 4.69) is 5.32 Å². The molecule has 0 aromatic heterocycles. The fourth-order valence-electron chi connectivity index (χ4n) is 4.72. The van der Waals surface area contributed by atoms with Crippen molar-refractivity contribution < 1.29 is 45.1 Å². The van der Waals surface area contributed by atoms with Crippen molar-refractivity contribution in [2.45, 2.75) is 36.9 Å². The molecule has 11 heteroatoms. The van der Waals surface area contributed by atoms with Crippen LogP contribution in [0.3, 0.4) is 0 Å². The third-order valence-corrected chi connectivity index (χ3v) is 7.03. The SMILES string of the molecule is C[N+]1(CCOC(c2cccc(C(F)(F)F)c2)c2cccc(C(F)(F)F)c2)CCC2(CC1)CNC(=O)O2. The number of hydrogen-bond donors (Lipinski definition) is 1. The number of likely N-dealkylation sites (N-methyl/N-ethyl adjacent to an activating group) is 1. The van der Waals surface area contributed by atoms with E-state index in [9.17, 15) is 31.1 Å². The molecule has 2 aromatic carbocycles. The maximum atomic E-state index is 13.3. The Morgan fingerprint density at radius 2 is 1.50 bits per heavy atom. The second-order valence-corrected chi connectivity index (χ2v) is 9.71. The predicted molar refractivity (Wildman–Crippen MR) is 118 cm³/mol. The Kier molecular flexibility index (Phi) is 7.00. The number of ether oxygens (including phenoxy) is 2. The van der Waals surface area contributed by atoms with E-state index < -0.39 is 41.3 Å². The van der Waals surface area contributed by atoms with Crippen LogP contribution in [0.15, 0.2) is 48.5 Å². The number of carbonyl (C=O) groups excluding carboxylic acids is 1. The lowest BCUT2D eigenvalue weighted by atomic mass is 9.90. The lowest BCUT2D eigenvalue weighted by Crippen LogP contribution is -2.57. The molecule has 2 saturated heterocycles. The number of alkyl halides is 6. The van der Waals surface area contributed by atoms with Crippen molar-refractivity contribution in [2.75, 3.05) is 39.8 Å². The van der Waals surface area contributed by atoms with Gasteiger partial charge in [-0.15, -0.1) is 0 Å². The molecule has 36 heavy (non-hydrogen) atoms. The van der Waals surface area contributed by atoms with Crippen molar-refractivity contribution in [3.05, 3.63) is 70.8 Å². The molecule has 1 N–H and O–H groups in total. The molecule has 2 heterocycles. The average Bonchev–Trinajstić information content (AvgIpc) is 3.19. The van der Waals surface area contributed by atoms with E-state index in [1.165, 1.54) is 24.3 Å². The van der Waals surface area contributed by atoms with Crippen molar-refractivity contribution in [1.82, 2.24) is 5.32 Å². The van der Waals surface area contributed by atoms with E-state index in [4.69, 9.17) is 9.47 Å². The number of carbonyl (C=O) groups is 1. The number of piperidine rings is 1. The van der Waals surface area contributed by atoms with E-state index >= 15 is 0 Å². The van der Waals surface area contributed by atoms with E-state index in [1.807, 2.05) is 7.05 Å². The second kappa shape index (κ2) is 9.59. The zero-order chi connectivity index (χ0) is 26.2. The lowest BCUT2D eigenvalue weighted by molar-refractivity contribution is -0.916. The van der Waals surface area contributed by atoms with E-state index in [0.29, 0.717) is 43.5 Å². The number of benzene rings is 2. The van der Waals surface area contributed by atoms with Gasteiger partial charge in [-0.25, -0.2) is 4.79 Å². The van der Waals surface area contributed by atoms with E-state index in [1.54, 1.807) is 0 Å². The maximum Gasteiger partial charge on any atom is 0.416 e. The molecular formula is C25H27F6N2O3+. The Labute approximate surface area is 204 Å². The van der Waals surface area contributed by atoms with Crippen molar-refractivity contribution >= 4 is 6.09 Å². The molecule has 1 amide bonds. The van der Waals surface area contributed by atoms with Crippen LogP contribution in [0.2, 0.25) is 0 Å². The van der Waals surface area contributed by atoms with Gasteiger partial charge in [0.05, 0.1) is 44.4 Å². The smallest absolute Gasteiger partial charge is 0.416 e. The molecule has 5 nitrogen and oxygen atoms in total. The Hall–Kier alpha value is -2.79. The number of likely N-dealkylation sites (tertiary alicyclic amines) is 1. The summed E-state index contributed by atoms with van der Waals surface area (Å²) in [7, 11) is 2.00. The summed E-state index contributed by atoms with van der Waals surface area (Å²) in [5, 5.41) is 2.68. The highest BCUT2D eigenvalue weighted by molar-refractivity contribution is 5.70. The summed E-state index contributed by atoms with van der Waals surface area (Å²) in [5.74, 6) is 0. The van der Waals surface area contributed by atoms with Gasteiger partial charge in [0, 0.05) is 12.8 Å². The van der Waals surface area contributed by atoms with Crippen LogP contribution in [-0.2, 0) is 21.8 Å². The van der Waals surface area contributed by atoms with E-state index in [0.717, 1.165) is 24.3 Å². The number of hydrogen-bond acceptors (Lipinski definition) is 3. The number of halogens is 6. The lowest BCUT2D eigenvalue weighted by Gasteiger charge is -2.43. The third kappa shape index (κ3) is 5.95. The molecule has 2 fully saturated rings. The quantitative estimate of drug-likeness (QED) is 0.404. The average molecular weight is 517 g/mol. The van der Waals surface area contributed by atoms with Crippen LogP contribution in [0.25, 0.3) is 0 Å². The van der Waals surface area contributed by atoms with Gasteiger partial charge in [-0.05, 0) is 35.4 Å². The maximum absolute atomic E-state index is 13.3. The van der Waals surface area contributed by atoms with Crippen LogP contribution >= 0.6 is 0 Å². The fourth-order valence-corrected chi connectivity index (χ4v) is 4.72. The van der Waals surface area contributed by atoms with Crippen LogP contribution in [0.5, 0.6) is 0 Å². The molecule has 0 aliphatic carbocycles. The molecule has 0 bridgehead atoms. The zero-order valence-corrected chi connectivity index (χ0v) is 19.6. The number of amides is 1. The zero-order valence-electron chi connectivity index (χ0n) is 19.6. The molecule has 2 aromatic rings. The number of alkyl carbamates (subject to hydrolysis) is 1. The first-order valence-electron chi connectivity index (χ1n) is 11.6. The summed E-state index contributed by atoms with van der Waals surface area (Å²) >= 11 is 0. The van der Waals surface area contributed by atoms with Crippen LogP contribution < -0.4 is 5.32 Å². The van der Waals surface area contributed by atoms with Crippen LogP contribution in [0.4, 0.5) is 31.1 Å². The first-order chi connectivity index (χ1) is 16.8. The Bertz CT molecular complexity index is 1040. The van der Waals surface area contributed by atoms with Crippen LogP contribution in [0, 0.1) is 0 Å². The highest BCUT2D eigenvalue weighted by atomic mass is 19.4. The molecule has 2 aliphatic heterocycles. The second-order valence-electron chi connectivity index (χ2n) is 9.71. The van der Waals surface area contributed by atoms with Crippen molar-refractivity contribution in [3.63, 3.8) is 0 Å². The molecule has 1 spiro atoms. The summed E-state index contributed by atoms with van der Waals surface area (Å²) in [6.07, 6.45) is -9.46. The largest absolute Gasteiger partial charge is 0.441 e. The number of nitrogens with one attached hydrogen (secondary N) is 1. The monoisotopic (exact) mass is 517 g/mol. The minimum Gasteiger partial charge on any atom is -0.441 e. The van der Waals surface area contributed by atoms with Crippen molar-refractivity contribution in [2.24, 2.45) is 0 Å².